The molecule has 0 spiro atoms. The molecule has 0 amide bonds. The monoisotopic (exact) mass is 260 g/mol. The highest BCUT2D eigenvalue weighted by Gasteiger charge is 2.12. The van der Waals surface area contributed by atoms with Gasteiger partial charge in [-0.2, -0.15) is 0 Å². The van der Waals surface area contributed by atoms with E-state index in [0.29, 0.717) is 16.8 Å². The number of phenolic OH excluding ortho intramolecular Hbond substituents is 2. The van der Waals surface area contributed by atoms with Crippen molar-refractivity contribution in [3.63, 3.8) is 0 Å². The van der Waals surface area contributed by atoms with Gasteiger partial charge in [0.2, 0.25) is 0 Å². The first-order valence-electron chi connectivity index (χ1n) is 5.80. The average molecular weight is 260 g/mol. The van der Waals surface area contributed by atoms with Crippen LogP contribution in [-0.4, -0.2) is 10.2 Å². The first-order chi connectivity index (χ1) is 9.08. The quantitative estimate of drug-likeness (QED) is 0.382. The molecule has 19 heavy (non-hydrogen) atoms. The van der Waals surface area contributed by atoms with Gasteiger partial charge in [0.05, 0.1) is 6.61 Å². The first kappa shape index (κ1) is 13.2. The highest BCUT2D eigenvalue weighted by molar-refractivity contribution is 5.48. The van der Waals surface area contributed by atoms with Gasteiger partial charge in [0.1, 0.15) is 17.7 Å². The fraction of sp³-hybridized carbons (Fsp3) is 0.143. The number of anilines is 1. The van der Waals surface area contributed by atoms with Gasteiger partial charge < -0.3 is 26.4 Å². The van der Waals surface area contributed by atoms with Crippen LogP contribution in [0.3, 0.4) is 0 Å². The van der Waals surface area contributed by atoms with Crippen molar-refractivity contribution in [1.82, 2.24) is 0 Å². The van der Waals surface area contributed by atoms with Crippen molar-refractivity contribution in [2.45, 2.75) is 12.8 Å². The number of hydrogen-bond acceptors (Lipinski definition) is 5. The Kier molecular flexibility index (Phi) is 3.89. The van der Waals surface area contributed by atoms with Gasteiger partial charge in [-0.15, -0.1) is 0 Å². The maximum Gasteiger partial charge on any atom is 0.135 e. The van der Waals surface area contributed by atoms with Gasteiger partial charge in [-0.25, -0.2) is 0 Å². The second kappa shape index (κ2) is 5.60. The molecule has 0 aliphatic carbocycles. The Bertz CT molecular complexity index is 572. The summed E-state index contributed by atoms with van der Waals surface area (Å²) in [6.45, 7) is 0.141. The fourth-order valence-corrected chi connectivity index (χ4v) is 1.70. The Hall–Kier alpha value is -2.24. The first-order valence-corrected chi connectivity index (χ1v) is 5.80. The zero-order valence-corrected chi connectivity index (χ0v) is 10.3. The van der Waals surface area contributed by atoms with Crippen LogP contribution in [-0.2, 0) is 11.3 Å². The minimum atomic E-state index is -0.817. The highest BCUT2D eigenvalue weighted by Crippen LogP contribution is 2.27. The molecule has 0 radical (unpaired) electrons. The minimum Gasteiger partial charge on any atom is -0.508 e. The molecule has 0 heterocycles. The number of phenols is 2. The van der Waals surface area contributed by atoms with E-state index in [1.54, 1.807) is 36.4 Å². The van der Waals surface area contributed by atoms with Gasteiger partial charge in [0, 0.05) is 16.8 Å². The smallest absolute Gasteiger partial charge is 0.135 e. The zero-order chi connectivity index (χ0) is 13.8. The third-order valence-corrected chi connectivity index (χ3v) is 2.77. The lowest BCUT2D eigenvalue weighted by atomic mass is 10.1. The van der Waals surface area contributed by atoms with E-state index in [-0.39, 0.29) is 18.1 Å². The SMILES string of the molecule is Nc1ccc(O)c(C(N)OCc2ccccc2O)c1. The molecule has 0 bridgehead atoms. The van der Waals surface area contributed by atoms with Gasteiger partial charge in [-0.3, -0.25) is 0 Å². The van der Waals surface area contributed by atoms with Crippen LogP contribution in [0.2, 0.25) is 0 Å². The van der Waals surface area contributed by atoms with Crippen LogP contribution in [0.1, 0.15) is 17.4 Å². The Balaban J connectivity index is 2.07. The van der Waals surface area contributed by atoms with Crippen molar-refractivity contribution in [1.29, 1.82) is 0 Å². The van der Waals surface area contributed by atoms with E-state index in [9.17, 15) is 10.2 Å². The van der Waals surface area contributed by atoms with E-state index < -0.39 is 6.23 Å². The molecule has 0 fully saturated rings. The molecule has 1 atom stereocenters. The molecule has 0 saturated carbocycles. The average Bonchev–Trinajstić information content (AvgIpc) is 2.40. The summed E-state index contributed by atoms with van der Waals surface area (Å²) in [5, 5.41) is 19.3. The molecule has 6 N–H and O–H groups in total. The third kappa shape index (κ3) is 3.15. The second-order valence-corrected chi connectivity index (χ2v) is 4.18. The van der Waals surface area contributed by atoms with Crippen molar-refractivity contribution in [3.8, 4) is 11.5 Å². The molecular weight excluding hydrogens is 244 g/mol. The van der Waals surface area contributed by atoms with Gasteiger partial charge in [-0.1, -0.05) is 18.2 Å². The van der Waals surface area contributed by atoms with Crippen LogP contribution in [0.4, 0.5) is 5.69 Å². The summed E-state index contributed by atoms with van der Waals surface area (Å²) in [6.07, 6.45) is -0.817. The van der Waals surface area contributed by atoms with Crippen molar-refractivity contribution < 1.29 is 14.9 Å². The molecule has 2 aromatic rings. The Labute approximate surface area is 111 Å². The van der Waals surface area contributed by atoms with Crippen molar-refractivity contribution in [2.75, 3.05) is 5.73 Å². The van der Waals surface area contributed by atoms with Gasteiger partial charge >= 0.3 is 0 Å². The van der Waals surface area contributed by atoms with E-state index in [1.165, 1.54) is 6.07 Å². The lowest BCUT2D eigenvalue weighted by molar-refractivity contribution is 0.0416. The van der Waals surface area contributed by atoms with Gasteiger partial charge in [-0.05, 0) is 24.3 Å². The molecule has 0 aliphatic rings. The van der Waals surface area contributed by atoms with Gasteiger partial charge in [0.15, 0.2) is 0 Å². The molecule has 0 aliphatic heterocycles. The molecular formula is C14H16N2O3. The maximum absolute atomic E-state index is 9.69. The number of benzene rings is 2. The van der Waals surface area contributed by atoms with E-state index in [1.807, 2.05) is 0 Å². The summed E-state index contributed by atoms with van der Waals surface area (Å²) in [6, 6.07) is 11.4. The normalized spacial score (nSPS) is 12.3. The van der Waals surface area contributed by atoms with Crippen LogP contribution in [0.15, 0.2) is 42.5 Å². The van der Waals surface area contributed by atoms with Crippen molar-refractivity contribution in [2.24, 2.45) is 5.73 Å². The van der Waals surface area contributed by atoms with Crippen molar-refractivity contribution >= 4 is 5.69 Å². The number of ether oxygens (including phenoxy) is 1. The highest BCUT2D eigenvalue weighted by atomic mass is 16.5. The summed E-state index contributed by atoms with van der Waals surface area (Å²) in [5.41, 5.74) is 13.0. The van der Waals surface area contributed by atoms with E-state index in [4.69, 9.17) is 16.2 Å². The number of para-hydroxylation sites is 1. The Morgan fingerprint density at radius 3 is 2.53 bits per heavy atom. The number of hydrogen-bond donors (Lipinski definition) is 4. The standard InChI is InChI=1S/C14H16N2O3/c15-10-5-6-13(18)11(7-10)14(16)19-8-9-3-1-2-4-12(9)17/h1-7,14,17-18H,8,15-16H2. The molecule has 5 heteroatoms. The van der Waals surface area contributed by atoms with Gasteiger partial charge in [0.25, 0.3) is 0 Å². The lowest BCUT2D eigenvalue weighted by Crippen LogP contribution is -2.14. The summed E-state index contributed by atoms with van der Waals surface area (Å²) in [4.78, 5) is 0. The predicted octanol–water partition coefficient (Wildman–Crippen LogP) is 1.85. The Morgan fingerprint density at radius 2 is 1.79 bits per heavy atom. The summed E-state index contributed by atoms with van der Waals surface area (Å²) in [7, 11) is 0. The summed E-state index contributed by atoms with van der Waals surface area (Å²) in [5.74, 6) is 0.172. The van der Waals surface area contributed by atoms with Crippen LogP contribution < -0.4 is 11.5 Å². The minimum absolute atomic E-state index is 0.0268. The Morgan fingerprint density at radius 1 is 1.05 bits per heavy atom. The molecule has 1 unspecified atom stereocenters. The number of nitrogen functional groups attached to an aromatic ring is 1. The lowest BCUT2D eigenvalue weighted by Gasteiger charge is -2.15. The van der Waals surface area contributed by atoms with Crippen molar-refractivity contribution in [3.05, 3.63) is 53.6 Å². The number of nitrogens with two attached hydrogens (primary N) is 2. The molecule has 5 nitrogen and oxygen atoms in total. The molecule has 0 saturated heterocycles. The second-order valence-electron chi connectivity index (χ2n) is 4.18. The predicted molar refractivity (Wildman–Crippen MR) is 72.3 cm³/mol. The van der Waals surface area contributed by atoms with E-state index >= 15 is 0 Å². The molecule has 2 rings (SSSR count). The van der Waals surface area contributed by atoms with Crippen LogP contribution >= 0.6 is 0 Å². The van der Waals surface area contributed by atoms with E-state index in [0.717, 1.165) is 0 Å². The topological polar surface area (TPSA) is 102 Å². The van der Waals surface area contributed by atoms with Crippen LogP contribution in [0.5, 0.6) is 11.5 Å². The molecule has 2 aromatic carbocycles. The summed E-state index contributed by atoms with van der Waals surface area (Å²) < 4.78 is 5.43. The maximum atomic E-state index is 9.69. The number of rotatable bonds is 4. The zero-order valence-electron chi connectivity index (χ0n) is 10.3. The number of aromatic hydroxyl groups is 2. The third-order valence-electron chi connectivity index (χ3n) is 2.77. The molecule has 0 aromatic heterocycles. The fourth-order valence-electron chi connectivity index (χ4n) is 1.70. The molecule has 100 valence electrons. The van der Waals surface area contributed by atoms with Crippen LogP contribution in [0, 0.1) is 0 Å². The summed E-state index contributed by atoms with van der Waals surface area (Å²) >= 11 is 0. The van der Waals surface area contributed by atoms with E-state index in [2.05, 4.69) is 0 Å². The largest absolute Gasteiger partial charge is 0.508 e. The van der Waals surface area contributed by atoms with Crippen LogP contribution in [0.25, 0.3) is 0 Å².